The van der Waals surface area contributed by atoms with Crippen molar-refractivity contribution in [3.05, 3.63) is 35.9 Å². The Balaban J connectivity index is 2.44. The molecule has 2 atom stereocenters. The normalized spacial score (nSPS) is 31.0. The van der Waals surface area contributed by atoms with Crippen LogP contribution in [0, 0.1) is 0 Å². The quantitative estimate of drug-likeness (QED) is 0.580. The Morgan fingerprint density at radius 1 is 1.29 bits per heavy atom. The number of carbonyl (C=O) groups excluding carboxylic acids is 1. The molecule has 0 spiro atoms. The van der Waals surface area contributed by atoms with Gasteiger partial charge in [-0.1, -0.05) is 62.2 Å². The predicted octanol–water partition coefficient (Wildman–Crippen LogP) is 2.99. The maximum Gasteiger partial charge on any atom is 0.281 e. The van der Waals surface area contributed by atoms with Gasteiger partial charge in [-0.3, -0.25) is 4.79 Å². The first kappa shape index (κ1) is 9.98. The maximum atomic E-state index is 11.2. The smallest absolute Gasteiger partial charge is 0.269 e. The standard InChI is InChI=1S/C9H6Br2N2O/c10-7-8(14)12-13-9(7,11)6-4-2-1-3-5-6/h1-5,7H. The molecule has 3 nitrogen and oxygen atoms in total. The molecule has 0 bridgehead atoms. The van der Waals surface area contributed by atoms with Crippen molar-refractivity contribution in [2.24, 2.45) is 10.2 Å². The summed E-state index contributed by atoms with van der Waals surface area (Å²) in [5, 5.41) is 7.48. The number of benzene rings is 1. The number of alkyl halides is 2. The number of amides is 1. The first-order valence-electron chi connectivity index (χ1n) is 4.00. The summed E-state index contributed by atoms with van der Waals surface area (Å²) in [5.41, 5.74) is 0.913. The van der Waals surface area contributed by atoms with Crippen molar-refractivity contribution >= 4 is 37.8 Å². The molecule has 72 valence electrons. The van der Waals surface area contributed by atoms with Crippen molar-refractivity contribution in [2.45, 2.75) is 9.28 Å². The van der Waals surface area contributed by atoms with E-state index in [0.29, 0.717) is 0 Å². The Kier molecular flexibility index (Phi) is 2.53. The van der Waals surface area contributed by atoms with Crippen molar-refractivity contribution in [1.29, 1.82) is 0 Å². The Hall–Kier alpha value is -0.550. The summed E-state index contributed by atoms with van der Waals surface area (Å²) in [5.74, 6) is -0.259. The van der Waals surface area contributed by atoms with E-state index in [0.717, 1.165) is 5.56 Å². The molecular weight excluding hydrogens is 312 g/mol. The number of hydrogen-bond acceptors (Lipinski definition) is 2. The lowest BCUT2D eigenvalue weighted by molar-refractivity contribution is -0.116. The van der Waals surface area contributed by atoms with Gasteiger partial charge < -0.3 is 0 Å². The highest BCUT2D eigenvalue weighted by atomic mass is 79.9. The molecule has 0 aromatic heterocycles. The number of carbonyl (C=O) groups is 1. The SMILES string of the molecule is O=C1N=NC(Br)(c2ccccc2)C1Br. The molecule has 2 rings (SSSR count). The average molecular weight is 318 g/mol. The molecular formula is C9H6Br2N2O. The van der Waals surface area contributed by atoms with Crippen LogP contribution in [0.25, 0.3) is 0 Å². The summed E-state index contributed by atoms with van der Waals surface area (Å²) in [6, 6.07) is 9.52. The topological polar surface area (TPSA) is 41.8 Å². The van der Waals surface area contributed by atoms with Crippen LogP contribution in [-0.4, -0.2) is 10.7 Å². The molecule has 0 N–H and O–H groups in total. The van der Waals surface area contributed by atoms with Gasteiger partial charge in [0.25, 0.3) is 5.91 Å². The molecule has 0 saturated carbocycles. The van der Waals surface area contributed by atoms with Crippen LogP contribution in [0.3, 0.4) is 0 Å². The van der Waals surface area contributed by atoms with E-state index in [1.807, 2.05) is 30.3 Å². The summed E-state index contributed by atoms with van der Waals surface area (Å²) < 4.78 is -0.745. The Morgan fingerprint density at radius 2 is 1.93 bits per heavy atom. The van der Waals surface area contributed by atoms with Crippen molar-refractivity contribution in [2.75, 3.05) is 0 Å². The monoisotopic (exact) mass is 316 g/mol. The van der Waals surface area contributed by atoms with Crippen LogP contribution in [0.4, 0.5) is 0 Å². The predicted molar refractivity (Wildman–Crippen MR) is 59.6 cm³/mol. The zero-order valence-electron chi connectivity index (χ0n) is 7.02. The number of nitrogens with zero attached hydrogens (tertiary/aromatic N) is 2. The van der Waals surface area contributed by atoms with E-state index < -0.39 is 9.28 Å². The van der Waals surface area contributed by atoms with Gasteiger partial charge in [0.05, 0.1) is 0 Å². The number of hydrogen-bond donors (Lipinski definition) is 0. The highest BCUT2D eigenvalue weighted by molar-refractivity contribution is 9.12. The molecule has 14 heavy (non-hydrogen) atoms. The lowest BCUT2D eigenvalue weighted by atomic mass is 10.1. The molecule has 1 aliphatic heterocycles. The van der Waals surface area contributed by atoms with Crippen LogP contribution < -0.4 is 0 Å². The summed E-state index contributed by atoms with van der Waals surface area (Å²) in [4.78, 5) is 10.8. The highest BCUT2D eigenvalue weighted by Crippen LogP contribution is 2.44. The van der Waals surface area contributed by atoms with Crippen molar-refractivity contribution in [1.82, 2.24) is 0 Å². The maximum absolute atomic E-state index is 11.2. The molecule has 2 unspecified atom stereocenters. The molecule has 1 aliphatic rings. The minimum Gasteiger partial charge on any atom is -0.269 e. The van der Waals surface area contributed by atoms with Crippen LogP contribution in [0.15, 0.2) is 40.6 Å². The van der Waals surface area contributed by atoms with Crippen LogP contribution >= 0.6 is 31.9 Å². The third-order valence-electron chi connectivity index (χ3n) is 2.03. The largest absolute Gasteiger partial charge is 0.281 e. The lowest BCUT2D eigenvalue weighted by Gasteiger charge is -2.19. The van der Waals surface area contributed by atoms with Gasteiger partial charge in [0.1, 0.15) is 4.83 Å². The molecule has 0 radical (unpaired) electrons. The molecule has 1 aromatic carbocycles. The molecule has 0 aliphatic carbocycles. The van der Waals surface area contributed by atoms with E-state index in [2.05, 4.69) is 42.1 Å². The van der Waals surface area contributed by atoms with Crippen LogP contribution in [0.1, 0.15) is 5.56 Å². The average Bonchev–Trinajstić information content (AvgIpc) is 2.49. The van der Waals surface area contributed by atoms with E-state index in [-0.39, 0.29) is 5.91 Å². The molecule has 5 heteroatoms. The Labute approximate surface area is 97.9 Å². The number of azo groups is 1. The first-order chi connectivity index (χ1) is 6.64. The second kappa shape index (κ2) is 3.55. The van der Waals surface area contributed by atoms with Crippen molar-refractivity contribution < 1.29 is 4.79 Å². The summed E-state index contributed by atoms with van der Waals surface area (Å²) in [6.45, 7) is 0. The number of rotatable bonds is 1. The van der Waals surface area contributed by atoms with E-state index in [4.69, 9.17) is 0 Å². The van der Waals surface area contributed by atoms with Gasteiger partial charge in [0.15, 0.2) is 4.45 Å². The zero-order chi connectivity index (χ0) is 10.2. The minimum atomic E-state index is -0.745. The number of halogens is 2. The molecule has 0 saturated heterocycles. The lowest BCUT2D eigenvalue weighted by Crippen LogP contribution is -2.27. The summed E-state index contributed by atoms with van der Waals surface area (Å²) in [6.07, 6.45) is 0. The third kappa shape index (κ3) is 1.44. The van der Waals surface area contributed by atoms with Crippen LogP contribution in [0.5, 0.6) is 0 Å². The van der Waals surface area contributed by atoms with Gasteiger partial charge in [0.2, 0.25) is 0 Å². The fourth-order valence-corrected chi connectivity index (χ4v) is 2.25. The highest BCUT2D eigenvalue weighted by Gasteiger charge is 2.46. The minimum absolute atomic E-state index is 0.259. The van der Waals surface area contributed by atoms with E-state index in [1.165, 1.54) is 0 Å². The molecule has 1 heterocycles. The van der Waals surface area contributed by atoms with Gasteiger partial charge in [-0.15, -0.1) is 5.11 Å². The van der Waals surface area contributed by atoms with Crippen molar-refractivity contribution in [3.63, 3.8) is 0 Å². The second-order valence-corrected chi connectivity index (χ2v) is 5.06. The van der Waals surface area contributed by atoms with Gasteiger partial charge >= 0.3 is 0 Å². The van der Waals surface area contributed by atoms with E-state index in [1.54, 1.807) is 0 Å². The van der Waals surface area contributed by atoms with E-state index >= 15 is 0 Å². The summed E-state index contributed by atoms with van der Waals surface area (Å²) in [7, 11) is 0. The molecule has 0 fully saturated rings. The molecule has 1 amide bonds. The van der Waals surface area contributed by atoms with Crippen molar-refractivity contribution in [3.8, 4) is 0 Å². The van der Waals surface area contributed by atoms with Crippen LogP contribution in [-0.2, 0) is 9.24 Å². The van der Waals surface area contributed by atoms with Gasteiger partial charge in [-0.2, -0.15) is 5.11 Å². The Morgan fingerprint density at radius 3 is 2.43 bits per heavy atom. The Bertz CT molecular complexity index is 393. The summed E-state index contributed by atoms with van der Waals surface area (Å²) >= 11 is 6.71. The first-order valence-corrected chi connectivity index (χ1v) is 5.71. The second-order valence-electron chi connectivity index (χ2n) is 2.94. The van der Waals surface area contributed by atoms with Gasteiger partial charge in [-0.05, 0) is 5.56 Å². The van der Waals surface area contributed by atoms with Crippen LogP contribution in [0.2, 0.25) is 0 Å². The van der Waals surface area contributed by atoms with E-state index in [9.17, 15) is 4.79 Å². The zero-order valence-corrected chi connectivity index (χ0v) is 10.2. The fraction of sp³-hybridized carbons (Fsp3) is 0.222. The third-order valence-corrected chi connectivity index (χ3v) is 4.77. The molecule has 1 aromatic rings. The van der Waals surface area contributed by atoms with Gasteiger partial charge in [-0.25, -0.2) is 0 Å². The van der Waals surface area contributed by atoms with Gasteiger partial charge in [0, 0.05) is 0 Å². The fourth-order valence-electron chi connectivity index (χ4n) is 1.26.